The second kappa shape index (κ2) is 9.75. The van der Waals surface area contributed by atoms with Gasteiger partial charge in [-0.25, -0.2) is 4.98 Å². The minimum Gasteiger partial charge on any atom is -0.350 e. The third-order valence-corrected chi connectivity index (χ3v) is 5.04. The highest BCUT2D eigenvalue weighted by Crippen LogP contribution is 2.21. The largest absolute Gasteiger partial charge is 0.350 e. The van der Waals surface area contributed by atoms with E-state index in [0.717, 1.165) is 11.4 Å². The van der Waals surface area contributed by atoms with Gasteiger partial charge < -0.3 is 10.6 Å². The molecular weight excluding hydrogens is 386 g/mol. The Morgan fingerprint density at radius 1 is 0.931 bits per heavy atom. The molecule has 3 aromatic rings. The molecule has 0 aliphatic rings. The predicted octanol–water partition coefficient (Wildman–Crippen LogP) is 4.37. The molecule has 0 spiro atoms. The second-order valence-corrected chi connectivity index (χ2v) is 7.33. The van der Waals surface area contributed by atoms with Crippen molar-refractivity contribution < 1.29 is 14.4 Å². The Hall–Kier alpha value is -3.32. The molecule has 0 atom stereocenters. The fourth-order valence-electron chi connectivity index (χ4n) is 2.63. The Morgan fingerprint density at radius 3 is 2.34 bits per heavy atom. The van der Waals surface area contributed by atoms with Crippen LogP contribution in [0.25, 0.3) is 0 Å². The molecule has 3 rings (SSSR count). The van der Waals surface area contributed by atoms with Crippen LogP contribution in [0.5, 0.6) is 0 Å². The third kappa shape index (κ3) is 6.08. The first kappa shape index (κ1) is 20.4. The van der Waals surface area contributed by atoms with Crippen molar-refractivity contribution in [2.24, 2.45) is 0 Å². The predicted molar refractivity (Wildman–Crippen MR) is 114 cm³/mol. The van der Waals surface area contributed by atoms with Crippen molar-refractivity contribution in [3.05, 3.63) is 76.8 Å². The van der Waals surface area contributed by atoms with Crippen LogP contribution < -0.4 is 10.6 Å². The summed E-state index contributed by atoms with van der Waals surface area (Å²) in [7, 11) is 0. The number of rotatable bonds is 9. The van der Waals surface area contributed by atoms with E-state index in [-0.39, 0.29) is 30.3 Å². The van der Waals surface area contributed by atoms with E-state index in [1.54, 1.807) is 36.4 Å². The van der Waals surface area contributed by atoms with Gasteiger partial charge in [-0.3, -0.25) is 14.4 Å². The molecule has 0 saturated carbocycles. The first-order valence-corrected chi connectivity index (χ1v) is 10.1. The summed E-state index contributed by atoms with van der Waals surface area (Å²) in [5.41, 5.74) is 2.84. The molecular formula is C22H21N3O3S. The molecule has 1 heterocycles. The smallest absolute Gasteiger partial charge is 0.220 e. The summed E-state index contributed by atoms with van der Waals surface area (Å²) in [5.74, 6) is -0.206. The van der Waals surface area contributed by atoms with E-state index in [2.05, 4.69) is 15.6 Å². The van der Waals surface area contributed by atoms with E-state index in [4.69, 9.17) is 0 Å². The van der Waals surface area contributed by atoms with E-state index >= 15 is 0 Å². The van der Waals surface area contributed by atoms with Crippen molar-refractivity contribution in [1.82, 2.24) is 10.3 Å². The summed E-state index contributed by atoms with van der Waals surface area (Å²) < 4.78 is 0. The monoisotopic (exact) mass is 407 g/mol. The Labute approximate surface area is 173 Å². The molecule has 0 saturated heterocycles. The summed E-state index contributed by atoms with van der Waals surface area (Å²) >= 11 is 1.43. The quantitative estimate of drug-likeness (QED) is 0.514. The van der Waals surface area contributed by atoms with Gasteiger partial charge in [-0.15, -0.1) is 11.3 Å². The lowest BCUT2D eigenvalue weighted by Crippen LogP contribution is -2.23. The first-order valence-electron chi connectivity index (χ1n) is 9.18. The zero-order valence-corrected chi connectivity index (χ0v) is 16.8. The third-order valence-electron chi connectivity index (χ3n) is 4.24. The molecule has 1 aromatic heterocycles. The number of ketones is 2. The summed E-state index contributed by atoms with van der Waals surface area (Å²) in [5, 5.41) is 8.53. The van der Waals surface area contributed by atoms with Crippen LogP contribution in [0.2, 0.25) is 0 Å². The number of anilines is 2. The zero-order valence-electron chi connectivity index (χ0n) is 16.0. The number of Topliss-reactive ketones (excluding diaryl/α,β-unsaturated/α-hetero) is 2. The van der Waals surface area contributed by atoms with Crippen molar-refractivity contribution >= 4 is 39.6 Å². The summed E-state index contributed by atoms with van der Waals surface area (Å²) in [4.78, 5) is 39.8. The van der Waals surface area contributed by atoms with E-state index < -0.39 is 0 Å². The molecule has 0 aliphatic carbocycles. The van der Waals surface area contributed by atoms with Gasteiger partial charge in [0.05, 0.1) is 12.2 Å². The van der Waals surface area contributed by atoms with Crippen molar-refractivity contribution in [2.45, 2.75) is 26.3 Å². The zero-order chi connectivity index (χ0) is 20.6. The van der Waals surface area contributed by atoms with E-state index in [0.29, 0.717) is 22.8 Å². The molecule has 0 radical (unpaired) electrons. The van der Waals surface area contributed by atoms with Gasteiger partial charge >= 0.3 is 0 Å². The highest BCUT2D eigenvalue weighted by Gasteiger charge is 2.10. The highest BCUT2D eigenvalue weighted by molar-refractivity contribution is 7.13. The molecule has 0 unspecified atom stereocenters. The van der Waals surface area contributed by atoms with E-state index in [1.165, 1.54) is 18.3 Å². The maximum atomic E-state index is 12.0. The van der Waals surface area contributed by atoms with Crippen LogP contribution >= 0.6 is 11.3 Å². The number of carbonyl (C=O) groups is 3. The molecule has 0 aliphatic heterocycles. The molecule has 2 aromatic carbocycles. The Kier molecular flexibility index (Phi) is 6.86. The number of nitrogens with one attached hydrogen (secondary N) is 2. The topological polar surface area (TPSA) is 88.2 Å². The Balaban J connectivity index is 1.44. The lowest BCUT2D eigenvalue weighted by Gasteiger charge is -2.04. The number of aromatic nitrogens is 1. The van der Waals surface area contributed by atoms with E-state index in [1.807, 2.05) is 23.6 Å². The minimum atomic E-state index is -0.184. The van der Waals surface area contributed by atoms with Crippen LogP contribution in [0.1, 0.15) is 46.2 Å². The van der Waals surface area contributed by atoms with Crippen molar-refractivity contribution in [3.8, 4) is 0 Å². The fraction of sp³-hybridized carbons (Fsp3) is 0.182. The number of hydrogen-bond acceptors (Lipinski definition) is 6. The summed E-state index contributed by atoms with van der Waals surface area (Å²) in [6, 6.07) is 16.1. The number of amides is 1. The number of carbonyl (C=O) groups excluding carboxylic acids is 3. The van der Waals surface area contributed by atoms with Crippen LogP contribution in [0.15, 0.2) is 60.0 Å². The maximum absolute atomic E-state index is 12.0. The molecule has 0 fully saturated rings. The van der Waals surface area contributed by atoms with Crippen LogP contribution in [0, 0.1) is 0 Å². The average Bonchev–Trinajstić information content (AvgIpc) is 3.18. The molecule has 1 amide bonds. The lowest BCUT2D eigenvalue weighted by atomic mass is 10.1. The Bertz CT molecular complexity index is 998. The minimum absolute atomic E-state index is 0.0225. The van der Waals surface area contributed by atoms with Gasteiger partial charge in [0.15, 0.2) is 16.7 Å². The second-order valence-electron chi connectivity index (χ2n) is 6.47. The van der Waals surface area contributed by atoms with Gasteiger partial charge in [0, 0.05) is 35.0 Å². The maximum Gasteiger partial charge on any atom is 0.220 e. The molecule has 2 N–H and O–H groups in total. The number of thiazole rings is 1. The number of nitrogens with zero attached hydrogens (tertiary/aromatic N) is 1. The van der Waals surface area contributed by atoms with Gasteiger partial charge in [-0.1, -0.05) is 30.3 Å². The van der Waals surface area contributed by atoms with Gasteiger partial charge in [0.25, 0.3) is 0 Å². The molecule has 0 bridgehead atoms. The highest BCUT2D eigenvalue weighted by atomic mass is 32.1. The molecule has 7 heteroatoms. The van der Waals surface area contributed by atoms with Gasteiger partial charge in [-0.2, -0.15) is 0 Å². The van der Waals surface area contributed by atoms with E-state index in [9.17, 15) is 14.4 Å². The van der Waals surface area contributed by atoms with Crippen molar-refractivity contribution in [1.29, 1.82) is 0 Å². The van der Waals surface area contributed by atoms with Crippen LogP contribution in [-0.2, 0) is 11.3 Å². The van der Waals surface area contributed by atoms with Crippen molar-refractivity contribution in [3.63, 3.8) is 0 Å². The van der Waals surface area contributed by atoms with Crippen LogP contribution in [0.3, 0.4) is 0 Å². The van der Waals surface area contributed by atoms with Crippen LogP contribution in [-0.4, -0.2) is 22.5 Å². The summed E-state index contributed by atoms with van der Waals surface area (Å²) in [6.45, 7) is 1.83. The average molecular weight is 407 g/mol. The van der Waals surface area contributed by atoms with Gasteiger partial charge in [0.1, 0.15) is 0 Å². The number of benzene rings is 2. The number of hydrogen-bond donors (Lipinski definition) is 2. The van der Waals surface area contributed by atoms with Crippen molar-refractivity contribution in [2.75, 3.05) is 5.32 Å². The normalized spacial score (nSPS) is 10.4. The van der Waals surface area contributed by atoms with Gasteiger partial charge in [-0.05, 0) is 31.2 Å². The van der Waals surface area contributed by atoms with Gasteiger partial charge in [0.2, 0.25) is 5.91 Å². The fourth-order valence-corrected chi connectivity index (χ4v) is 3.36. The molecule has 148 valence electrons. The SMILES string of the molecule is CC(=O)c1ccc(Nc2nc(CNC(=O)CCC(=O)c3ccccc3)cs2)cc1. The first-order chi connectivity index (χ1) is 14.0. The Morgan fingerprint density at radius 2 is 1.66 bits per heavy atom. The lowest BCUT2D eigenvalue weighted by molar-refractivity contribution is -0.121. The van der Waals surface area contributed by atoms with Crippen LogP contribution in [0.4, 0.5) is 10.8 Å². The standard InChI is InChI=1S/C22H21N3O3S/c1-15(26)16-7-9-18(10-8-16)24-22-25-19(14-29-22)13-23-21(28)12-11-20(27)17-5-3-2-4-6-17/h2-10,14H,11-13H2,1H3,(H,23,28)(H,24,25). The summed E-state index contributed by atoms with van der Waals surface area (Å²) in [6.07, 6.45) is 0.321. The molecule has 6 nitrogen and oxygen atoms in total. The molecule has 29 heavy (non-hydrogen) atoms.